The minimum absolute atomic E-state index is 0.0927. The number of carbonyl (C=O) groups excluding carboxylic acids is 1. The molecule has 40 heavy (non-hydrogen) atoms. The Morgan fingerprint density at radius 3 is 2.58 bits per heavy atom. The predicted molar refractivity (Wildman–Crippen MR) is 155 cm³/mol. The van der Waals surface area contributed by atoms with Crippen molar-refractivity contribution in [3.63, 3.8) is 0 Å². The quantitative estimate of drug-likeness (QED) is 0.374. The van der Waals surface area contributed by atoms with Crippen LogP contribution in [0, 0.1) is 11.3 Å². The number of aromatic nitrogens is 2. The van der Waals surface area contributed by atoms with Crippen molar-refractivity contribution in [2.75, 3.05) is 57.9 Å². The Balaban J connectivity index is 1.20. The highest BCUT2D eigenvalue weighted by atomic mass is 16.5. The van der Waals surface area contributed by atoms with E-state index < -0.39 is 0 Å². The summed E-state index contributed by atoms with van der Waals surface area (Å²) >= 11 is 0. The van der Waals surface area contributed by atoms with Crippen molar-refractivity contribution in [1.82, 2.24) is 19.8 Å². The standard InChI is InChI=1S/C31H38N6O3/c1-23-6-3-4-11-35(23)12-5-17-40-29-20-27-26(19-28(29)39-2)31(34-22-33-27)37-15-13-36(14-16-37)30(38)18-24-7-9-25(21-32)10-8-24/h7-10,19-20,22-23H,3-6,11-18H2,1-2H3. The number of hydrogen-bond donors (Lipinski definition) is 0. The number of nitrogens with zero attached hydrogens (tertiary/aromatic N) is 6. The molecule has 3 heterocycles. The van der Waals surface area contributed by atoms with E-state index >= 15 is 0 Å². The second-order valence-corrected chi connectivity index (χ2v) is 10.7. The first kappa shape index (κ1) is 27.7. The lowest BCUT2D eigenvalue weighted by molar-refractivity contribution is -0.130. The van der Waals surface area contributed by atoms with Crippen LogP contribution < -0.4 is 14.4 Å². The summed E-state index contributed by atoms with van der Waals surface area (Å²) in [6.07, 6.45) is 6.79. The zero-order chi connectivity index (χ0) is 27.9. The summed E-state index contributed by atoms with van der Waals surface area (Å²) in [5.74, 6) is 2.30. The second-order valence-electron chi connectivity index (χ2n) is 10.7. The predicted octanol–water partition coefficient (Wildman–Crippen LogP) is 4.04. The van der Waals surface area contributed by atoms with Crippen molar-refractivity contribution in [2.45, 2.75) is 45.1 Å². The highest BCUT2D eigenvalue weighted by Gasteiger charge is 2.24. The zero-order valence-corrected chi connectivity index (χ0v) is 23.5. The van der Waals surface area contributed by atoms with E-state index in [1.54, 1.807) is 25.6 Å². The summed E-state index contributed by atoms with van der Waals surface area (Å²) in [7, 11) is 1.66. The van der Waals surface area contributed by atoms with Gasteiger partial charge >= 0.3 is 0 Å². The minimum Gasteiger partial charge on any atom is -0.493 e. The van der Waals surface area contributed by atoms with E-state index in [1.165, 1.54) is 25.8 Å². The SMILES string of the molecule is COc1cc2c(N3CCN(C(=O)Cc4ccc(C#N)cc4)CC3)ncnc2cc1OCCCN1CCCCC1C. The number of benzene rings is 2. The van der Waals surface area contributed by atoms with Crippen LogP contribution in [0.15, 0.2) is 42.7 Å². The first-order valence-electron chi connectivity index (χ1n) is 14.3. The number of piperazine rings is 1. The van der Waals surface area contributed by atoms with E-state index in [2.05, 4.69) is 32.8 Å². The van der Waals surface area contributed by atoms with Crippen LogP contribution in [-0.4, -0.2) is 84.7 Å². The average Bonchev–Trinajstić information content (AvgIpc) is 2.99. The number of hydrogen-bond acceptors (Lipinski definition) is 8. The van der Waals surface area contributed by atoms with Crippen molar-refractivity contribution >= 4 is 22.6 Å². The third-order valence-corrected chi connectivity index (χ3v) is 8.06. The van der Waals surface area contributed by atoms with Crippen molar-refractivity contribution in [1.29, 1.82) is 5.26 Å². The van der Waals surface area contributed by atoms with Crippen LogP contribution >= 0.6 is 0 Å². The van der Waals surface area contributed by atoms with Crippen LogP contribution in [0.5, 0.6) is 11.5 Å². The van der Waals surface area contributed by atoms with E-state index in [0.717, 1.165) is 35.2 Å². The van der Waals surface area contributed by atoms with Gasteiger partial charge in [0.25, 0.3) is 0 Å². The molecule has 0 radical (unpaired) electrons. The Bertz CT molecular complexity index is 1350. The summed E-state index contributed by atoms with van der Waals surface area (Å²) in [6, 6.07) is 13.9. The topological polar surface area (TPSA) is 94.8 Å². The number of piperidine rings is 1. The number of likely N-dealkylation sites (tertiary alicyclic amines) is 1. The van der Waals surface area contributed by atoms with Gasteiger partial charge in [-0.3, -0.25) is 4.79 Å². The molecule has 0 aliphatic carbocycles. The number of methoxy groups -OCH3 is 1. The molecule has 2 aromatic carbocycles. The normalized spacial score (nSPS) is 18.0. The molecule has 0 saturated carbocycles. The van der Waals surface area contributed by atoms with Gasteiger partial charge < -0.3 is 24.2 Å². The molecule has 0 N–H and O–H groups in total. The van der Waals surface area contributed by atoms with Crippen LogP contribution in [0.1, 0.15) is 43.7 Å². The van der Waals surface area contributed by atoms with Gasteiger partial charge in [0.15, 0.2) is 11.5 Å². The maximum Gasteiger partial charge on any atom is 0.227 e. The summed E-state index contributed by atoms with van der Waals surface area (Å²) in [5, 5.41) is 9.89. The van der Waals surface area contributed by atoms with Crippen molar-refractivity contribution in [3.05, 3.63) is 53.9 Å². The lowest BCUT2D eigenvalue weighted by Crippen LogP contribution is -2.49. The van der Waals surface area contributed by atoms with Gasteiger partial charge in [0.05, 0.1) is 37.3 Å². The Hall–Kier alpha value is -3.90. The molecule has 2 aliphatic rings. The molecule has 3 aromatic rings. The molecule has 0 bridgehead atoms. The first-order chi connectivity index (χ1) is 19.6. The van der Waals surface area contributed by atoms with Gasteiger partial charge in [-0.1, -0.05) is 18.6 Å². The molecule has 9 nitrogen and oxygen atoms in total. The molecular weight excluding hydrogens is 504 g/mol. The molecule has 9 heteroatoms. The highest BCUT2D eigenvalue weighted by molar-refractivity contribution is 5.92. The number of ether oxygens (including phenoxy) is 2. The smallest absolute Gasteiger partial charge is 0.227 e. The molecular formula is C31H38N6O3. The van der Waals surface area contributed by atoms with E-state index in [1.807, 2.05) is 29.2 Å². The van der Waals surface area contributed by atoms with Crippen LogP contribution in [0.3, 0.4) is 0 Å². The Kier molecular flexibility index (Phi) is 8.97. The molecule has 1 aromatic heterocycles. The van der Waals surface area contributed by atoms with Gasteiger partial charge in [-0.2, -0.15) is 5.26 Å². The molecule has 1 atom stereocenters. The number of carbonyl (C=O) groups is 1. The van der Waals surface area contributed by atoms with Gasteiger partial charge in [0.2, 0.25) is 5.91 Å². The summed E-state index contributed by atoms with van der Waals surface area (Å²) in [6.45, 7) is 7.77. The fourth-order valence-corrected chi connectivity index (χ4v) is 5.67. The number of amides is 1. The van der Waals surface area contributed by atoms with Gasteiger partial charge in [0, 0.05) is 50.2 Å². The van der Waals surface area contributed by atoms with Gasteiger partial charge in [0.1, 0.15) is 12.1 Å². The second kappa shape index (κ2) is 13.0. The maximum absolute atomic E-state index is 12.9. The van der Waals surface area contributed by atoms with E-state index in [4.69, 9.17) is 14.7 Å². The molecule has 1 amide bonds. The molecule has 5 rings (SSSR count). The third-order valence-electron chi connectivity index (χ3n) is 8.06. The fraction of sp³-hybridized carbons (Fsp3) is 0.484. The third kappa shape index (κ3) is 6.45. The minimum atomic E-state index is 0.0927. The van der Waals surface area contributed by atoms with E-state index in [-0.39, 0.29) is 5.91 Å². The molecule has 1 unspecified atom stereocenters. The average molecular weight is 543 g/mol. The Labute approximate surface area is 236 Å². The van der Waals surface area contributed by atoms with Gasteiger partial charge in [-0.15, -0.1) is 0 Å². The van der Waals surface area contributed by atoms with E-state index in [9.17, 15) is 4.79 Å². The Morgan fingerprint density at radius 2 is 1.85 bits per heavy atom. The zero-order valence-electron chi connectivity index (χ0n) is 23.5. The Morgan fingerprint density at radius 1 is 1.05 bits per heavy atom. The number of anilines is 1. The van der Waals surface area contributed by atoms with Crippen LogP contribution in [0.4, 0.5) is 5.82 Å². The number of fused-ring (bicyclic) bond motifs is 1. The summed E-state index contributed by atoms with van der Waals surface area (Å²) < 4.78 is 11.9. The van der Waals surface area contributed by atoms with Crippen LogP contribution in [0.2, 0.25) is 0 Å². The molecule has 2 saturated heterocycles. The van der Waals surface area contributed by atoms with Gasteiger partial charge in [-0.05, 0) is 56.5 Å². The lowest BCUT2D eigenvalue weighted by atomic mass is 10.0. The fourth-order valence-electron chi connectivity index (χ4n) is 5.67. The van der Waals surface area contributed by atoms with Gasteiger partial charge in [-0.25, -0.2) is 9.97 Å². The van der Waals surface area contributed by atoms with Crippen molar-refractivity contribution in [2.24, 2.45) is 0 Å². The largest absolute Gasteiger partial charge is 0.493 e. The maximum atomic E-state index is 12.9. The monoisotopic (exact) mass is 542 g/mol. The number of rotatable bonds is 9. The van der Waals surface area contributed by atoms with Crippen LogP contribution in [0.25, 0.3) is 10.9 Å². The lowest BCUT2D eigenvalue weighted by Gasteiger charge is -2.36. The van der Waals surface area contributed by atoms with Crippen LogP contribution in [-0.2, 0) is 11.2 Å². The molecule has 2 fully saturated rings. The molecule has 210 valence electrons. The van der Waals surface area contributed by atoms with Crippen molar-refractivity contribution in [3.8, 4) is 17.6 Å². The molecule has 2 aliphatic heterocycles. The molecule has 0 spiro atoms. The summed E-state index contributed by atoms with van der Waals surface area (Å²) in [5.41, 5.74) is 2.32. The van der Waals surface area contributed by atoms with Crippen molar-refractivity contribution < 1.29 is 14.3 Å². The van der Waals surface area contributed by atoms with E-state index in [0.29, 0.717) is 62.3 Å². The number of nitriles is 1. The first-order valence-corrected chi connectivity index (χ1v) is 14.3. The summed E-state index contributed by atoms with van der Waals surface area (Å²) in [4.78, 5) is 28.7. The highest BCUT2D eigenvalue weighted by Crippen LogP contribution is 2.35.